The molecule has 0 N–H and O–H groups in total. The number of hydrogen-bond donors (Lipinski definition) is 0. The molecular weight excluding hydrogens is 389 g/mol. The van der Waals surface area contributed by atoms with Crippen molar-refractivity contribution < 1.29 is 22.7 Å². The van der Waals surface area contributed by atoms with E-state index in [4.69, 9.17) is 4.74 Å². The van der Waals surface area contributed by atoms with Crippen molar-refractivity contribution in [3.63, 3.8) is 0 Å². The zero-order chi connectivity index (χ0) is 19.5. The number of ether oxygens (including phenoxy) is 1. The SMILES string of the molecule is O=C1O[C@@]2(CN3CCC2CC3)CN1c1ccc(-c2cccc(C(F)(F)F)c2)s1. The quantitative estimate of drug-likeness (QED) is 0.712. The summed E-state index contributed by atoms with van der Waals surface area (Å²) in [5.41, 5.74) is -0.628. The summed E-state index contributed by atoms with van der Waals surface area (Å²) in [5.74, 6) is 0.384. The molecule has 28 heavy (non-hydrogen) atoms. The van der Waals surface area contributed by atoms with Crippen LogP contribution in [0.1, 0.15) is 18.4 Å². The van der Waals surface area contributed by atoms with Crippen LogP contribution in [0, 0.1) is 5.92 Å². The Kier molecular flexibility index (Phi) is 4.00. The van der Waals surface area contributed by atoms with E-state index in [2.05, 4.69) is 4.90 Å². The Bertz CT molecular complexity index is 920. The number of piperidine rings is 3. The third kappa shape index (κ3) is 2.90. The Balaban J connectivity index is 1.40. The maximum absolute atomic E-state index is 13.0. The number of fused-ring (bicyclic) bond motifs is 2. The molecule has 148 valence electrons. The van der Waals surface area contributed by atoms with Gasteiger partial charge in [0.15, 0.2) is 0 Å². The second-order valence-corrected chi connectivity index (χ2v) is 8.85. The number of rotatable bonds is 2. The van der Waals surface area contributed by atoms with E-state index in [0.29, 0.717) is 27.9 Å². The summed E-state index contributed by atoms with van der Waals surface area (Å²) in [4.78, 5) is 17.3. The Hall–Kier alpha value is -2.06. The van der Waals surface area contributed by atoms with Crippen LogP contribution < -0.4 is 4.90 Å². The molecule has 4 aliphatic rings. The Labute approximate surface area is 164 Å². The lowest BCUT2D eigenvalue weighted by atomic mass is 9.75. The lowest BCUT2D eigenvalue weighted by Crippen LogP contribution is -2.61. The van der Waals surface area contributed by atoms with Gasteiger partial charge in [-0.15, -0.1) is 11.3 Å². The van der Waals surface area contributed by atoms with Crippen LogP contribution in [0.3, 0.4) is 0 Å². The third-order valence-corrected chi connectivity index (χ3v) is 7.25. The Morgan fingerprint density at radius 1 is 1.11 bits per heavy atom. The standard InChI is InChI=1S/C20H19F3N2O2S/c21-20(22,23)15-3-1-2-13(10-15)16-4-5-17(28-16)25-12-19(27-18(25)26)11-24-8-6-14(19)7-9-24/h1-5,10,14H,6-9,11-12H2/t19-/m0/s1. The molecule has 1 aromatic heterocycles. The minimum atomic E-state index is -4.38. The first-order valence-electron chi connectivity index (χ1n) is 9.34. The summed E-state index contributed by atoms with van der Waals surface area (Å²) in [6.45, 7) is 3.40. The van der Waals surface area contributed by atoms with Crippen LogP contribution in [0.2, 0.25) is 0 Å². The smallest absolute Gasteiger partial charge is 0.416 e. The summed E-state index contributed by atoms with van der Waals surface area (Å²) in [6.07, 6.45) is -2.65. The van der Waals surface area contributed by atoms with E-state index in [1.807, 2.05) is 0 Å². The van der Waals surface area contributed by atoms with Crippen LogP contribution in [-0.4, -0.2) is 42.8 Å². The molecule has 6 rings (SSSR count). The number of amides is 1. The molecule has 1 aromatic carbocycles. The van der Waals surface area contributed by atoms with Gasteiger partial charge in [0.2, 0.25) is 0 Å². The predicted molar refractivity (Wildman–Crippen MR) is 100 cm³/mol. The molecule has 4 fully saturated rings. The molecule has 2 aromatic rings. The van der Waals surface area contributed by atoms with Gasteiger partial charge in [-0.2, -0.15) is 13.2 Å². The number of carbonyl (C=O) groups is 1. The molecule has 4 nitrogen and oxygen atoms in total. The molecule has 1 atom stereocenters. The normalized spacial score (nSPS) is 29.5. The molecule has 8 heteroatoms. The second kappa shape index (κ2) is 6.22. The lowest BCUT2D eigenvalue weighted by Gasteiger charge is -2.49. The second-order valence-electron chi connectivity index (χ2n) is 7.79. The number of thiophene rings is 1. The first-order chi connectivity index (χ1) is 13.3. The van der Waals surface area contributed by atoms with Gasteiger partial charge in [-0.3, -0.25) is 9.80 Å². The first kappa shape index (κ1) is 18.0. The summed E-state index contributed by atoms with van der Waals surface area (Å²) in [5, 5.41) is 0.714. The van der Waals surface area contributed by atoms with Crippen LogP contribution in [-0.2, 0) is 10.9 Å². The molecule has 4 saturated heterocycles. The van der Waals surface area contributed by atoms with Gasteiger partial charge < -0.3 is 4.74 Å². The van der Waals surface area contributed by atoms with Gasteiger partial charge in [-0.05, 0) is 55.8 Å². The van der Waals surface area contributed by atoms with Crippen LogP contribution in [0.5, 0.6) is 0 Å². The highest BCUT2D eigenvalue weighted by Gasteiger charge is 2.55. The average Bonchev–Trinajstić information content (AvgIpc) is 3.27. The molecule has 5 heterocycles. The molecule has 0 aliphatic carbocycles. The number of halogens is 3. The summed E-state index contributed by atoms with van der Waals surface area (Å²) < 4.78 is 44.8. The van der Waals surface area contributed by atoms with Gasteiger partial charge in [0, 0.05) is 17.3 Å². The minimum absolute atomic E-state index is 0.355. The maximum atomic E-state index is 13.0. The molecule has 2 bridgehead atoms. The molecule has 0 radical (unpaired) electrons. The van der Waals surface area contributed by atoms with Crippen molar-refractivity contribution in [1.82, 2.24) is 4.90 Å². The van der Waals surface area contributed by atoms with Crippen molar-refractivity contribution in [2.75, 3.05) is 31.1 Å². The highest BCUT2D eigenvalue weighted by molar-refractivity contribution is 7.19. The zero-order valence-corrected chi connectivity index (χ0v) is 15.9. The number of nitrogens with zero attached hydrogens (tertiary/aromatic N) is 2. The number of carbonyl (C=O) groups excluding carboxylic acids is 1. The van der Waals surface area contributed by atoms with Crippen LogP contribution in [0.15, 0.2) is 36.4 Å². The van der Waals surface area contributed by atoms with E-state index in [1.165, 1.54) is 17.4 Å². The lowest BCUT2D eigenvalue weighted by molar-refractivity contribution is -0.137. The van der Waals surface area contributed by atoms with Crippen molar-refractivity contribution in [1.29, 1.82) is 0 Å². The molecule has 4 aliphatic heterocycles. The van der Waals surface area contributed by atoms with Crippen LogP contribution in [0.25, 0.3) is 10.4 Å². The number of anilines is 1. The third-order valence-electron chi connectivity index (χ3n) is 6.09. The van der Waals surface area contributed by atoms with Gasteiger partial charge in [0.25, 0.3) is 0 Å². The van der Waals surface area contributed by atoms with E-state index in [0.717, 1.165) is 44.6 Å². The summed E-state index contributed by atoms with van der Waals surface area (Å²) in [7, 11) is 0. The molecule has 0 unspecified atom stereocenters. The summed E-state index contributed by atoms with van der Waals surface area (Å²) in [6, 6.07) is 8.83. The van der Waals surface area contributed by atoms with Crippen molar-refractivity contribution in [2.45, 2.75) is 24.6 Å². The number of alkyl halides is 3. The summed E-state index contributed by atoms with van der Waals surface area (Å²) >= 11 is 1.32. The Morgan fingerprint density at radius 2 is 1.89 bits per heavy atom. The zero-order valence-electron chi connectivity index (χ0n) is 15.0. The van der Waals surface area contributed by atoms with Crippen LogP contribution >= 0.6 is 11.3 Å². The average molecular weight is 408 g/mol. The Morgan fingerprint density at radius 3 is 2.57 bits per heavy atom. The van der Waals surface area contributed by atoms with Gasteiger partial charge >= 0.3 is 12.3 Å². The van der Waals surface area contributed by atoms with E-state index < -0.39 is 17.3 Å². The van der Waals surface area contributed by atoms with E-state index in [1.54, 1.807) is 23.1 Å². The maximum Gasteiger partial charge on any atom is 0.416 e. The van der Waals surface area contributed by atoms with E-state index in [9.17, 15) is 18.0 Å². The van der Waals surface area contributed by atoms with E-state index in [-0.39, 0.29) is 6.09 Å². The van der Waals surface area contributed by atoms with Crippen molar-refractivity contribution in [3.05, 3.63) is 42.0 Å². The minimum Gasteiger partial charge on any atom is -0.439 e. The topological polar surface area (TPSA) is 32.8 Å². The van der Waals surface area contributed by atoms with Crippen LogP contribution in [0.4, 0.5) is 23.0 Å². The molecule has 1 amide bonds. The predicted octanol–water partition coefficient (Wildman–Crippen LogP) is 4.85. The fraction of sp³-hybridized carbons (Fsp3) is 0.450. The number of hydrogen-bond acceptors (Lipinski definition) is 4. The monoisotopic (exact) mass is 408 g/mol. The van der Waals surface area contributed by atoms with Gasteiger partial charge in [-0.1, -0.05) is 12.1 Å². The van der Waals surface area contributed by atoms with Crippen molar-refractivity contribution in [3.8, 4) is 10.4 Å². The first-order valence-corrected chi connectivity index (χ1v) is 10.2. The highest BCUT2D eigenvalue weighted by atomic mass is 32.1. The fourth-order valence-corrected chi connectivity index (χ4v) is 5.65. The molecular formula is C20H19F3N2O2S. The van der Waals surface area contributed by atoms with Gasteiger partial charge in [0.1, 0.15) is 10.6 Å². The fourth-order valence-electron chi connectivity index (χ4n) is 4.66. The molecule has 1 spiro atoms. The molecule has 0 saturated carbocycles. The largest absolute Gasteiger partial charge is 0.439 e. The van der Waals surface area contributed by atoms with Gasteiger partial charge in [-0.25, -0.2) is 4.79 Å². The number of benzene rings is 1. The highest BCUT2D eigenvalue weighted by Crippen LogP contribution is 2.45. The van der Waals surface area contributed by atoms with Gasteiger partial charge in [0.05, 0.1) is 12.1 Å². The van der Waals surface area contributed by atoms with Crippen molar-refractivity contribution >= 4 is 22.4 Å². The van der Waals surface area contributed by atoms with Crippen molar-refractivity contribution in [2.24, 2.45) is 5.92 Å². The van der Waals surface area contributed by atoms with E-state index >= 15 is 0 Å².